The van der Waals surface area contributed by atoms with Gasteiger partial charge in [0.2, 0.25) is 11.7 Å². The molecule has 0 aliphatic carbocycles. The minimum absolute atomic E-state index is 0. The number of unbranched alkanes of at least 4 members (excludes halogenated alkanes) is 11. The Hall–Kier alpha value is -2.56. The van der Waals surface area contributed by atoms with Gasteiger partial charge < -0.3 is 42.9 Å². The topological polar surface area (TPSA) is 78.2 Å². The summed E-state index contributed by atoms with van der Waals surface area (Å²) in [5, 5.41) is 0. The van der Waals surface area contributed by atoms with Crippen LogP contribution in [-0.4, -0.2) is 37.7 Å². The van der Waals surface area contributed by atoms with E-state index in [1.807, 2.05) is 24.5 Å². The van der Waals surface area contributed by atoms with E-state index in [4.69, 9.17) is 18.9 Å². The second-order valence-electron chi connectivity index (χ2n) is 11.2. The Morgan fingerprint density at radius 3 is 1.75 bits per heavy atom. The van der Waals surface area contributed by atoms with Crippen molar-refractivity contribution in [2.24, 2.45) is 0 Å². The Labute approximate surface area is 282 Å². The number of hydrogen-bond acceptors (Lipinski definition) is 6. The number of pyridine rings is 1. The lowest BCUT2D eigenvalue weighted by atomic mass is 10.1. The number of benzene rings is 1. The normalized spacial score (nSPS) is 10.6. The number of aryl methyl sites for hydroxylation is 1. The average Bonchev–Trinajstić information content (AvgIpc) is 3.01. The van der Waals surface area contributed by atoms with Crippen LogP contribution in [0.1, 0.15) is 115 Å². The van der Waals surface area contributed by atoms with Crippen LogP contribution < -0.4 is 42.8 Å². The van der Waals surface area contributed by atoms with E-state index < -0.39 is 6.09 Å². The van der Waals surface area contributed by atoms with Gasteiger partial charge in [-0.2, -0.15) is 0 Å². The molecule has 0 bridgehead atoms. The molecule has 44 heavy (non-hydrogen) atoms. The molecular weight excluding hydrogens is 671 g/mol. The molecule has 0 radical (unpaired) electrons. The summed E-state index contributed by atoms with van der Waals surface area (Å²) in [5.74, 6) is 1.18. The first-order valence-electron chi connectivity index (χ1n) is 16.2. The van der Waals surface area contributed by atoms with Crippen molar-refractivity contribution < 1.29 is 57.1 Å². The van der Waals surface area contributed by atoms with Crippen LogP contribution in [0.2, 0.25) is 0 Å². The zero-order chi connectivity index (χ0) is 31.3. The van der Waals surface area contributed by atoms with Gasteiger partial charge in [-0.15, -0.1) is 0 Å². The summed E-state index contributed by atoms with van der Waals surface area (Å²) in [7, 11) is 3.14. The average molecular weight is 727 g/mol. The van der Waals surface area contributed by atoms with Gasteiger partial charge in [0.05, 0.1) is 27.4 Å². The van der Waals surface area contributed by atoms with Crippen molar-refractivity contribution >= 4 is 12.0 Å². The second-order valence-corrected chi connectivity index (χ2v) is 11.2. The maximum Gasteiger partial charge on any atom is 0.417 e. The first-order chi connectivity index (χ1) is 20.9. The summed E-state index contributed by atoms with van der Waals surface area (Å²) >= 11 is 0. The van der Waals surface area contributed by atoms with Crippen molar-refractivity contribution in [3.05, 3.63) is 47.8 Å². The Balaban J connectivity index is 0.00000968. The zero-order valence-electron chi connectivity index (χ0n) is 27.7. The van der Waals surface area contributed by atoms with Gasteiger partial charge in [0.25, 0.3) is 0 Å². The van der Waals surface area contributed by atoms with Gasteiger partial charge in [-0.1, -0.05) is 84.5 Å². The van der Waals surface area contributed by atoms with Crippen LogP contribution in [0.3, 0.4) is 0 Å². The first kappa shape index (κ1) is 39.5. The van der Waals surface area contributed by atoms with Gasteiger partial charge in [0.1, 0.15) is 13.2 Å². The molecule has 2 aromatic rings. The molecule has 0 fully saturated rings. The largest absolute Gasteiger partial charge is 1.00 e. The lowest BCUT2D eigenvalue weighted by molar-refractivity contribution is -0.697. The number of imide groups is 1. The van der Waals surface area contributed by atoms with E-state index in [1.54, 1.807) is 26.4 Å². The van der Waals surface area contributed by atoms with E-state index in [0.717, 1.165) is 36.3 Å². The van der Waals surface area contributed by atoms with E-state index in [0.29, 0.717) is 29.4 Å². The van der Waals surface area contributed by atoms with Crippen LogP contribution in [0, 0.1) is 0 Å². The van der Waals surface area contributed by atoms with Gasteiger partial charge in [-0.05, 0) is 29.7 Å². The van der Waals surface area contributed by atoms with Crippen molar-refractivity contribution in [2.75, 3.05) is 20.8 Å². The number of halogens is 1. The minimum atomic E-state index is -0.706. The molecule has 9 heteroatoms. The molecule has 0 N–H and O–H groups in total. The number of methoxy groups -OCH3 is 2. The monoisotopic (exact) mass is 726 g/mol. The van der Waals surface area contributed by atoms with Crippen molar-refractivity contribution in [1.29, 1.82) is 0 Å². The van der Waals surface area contributed by atoms with E-state index in [-0.39, 0.29) is 43.0 Å². The number of hydrogen-bond donors (Lipinski definition) is 0. The molecule has 2 amide bonds. The Morgan fingerprint density at radius 2 is 1.27 bits per heavy atom. The highest BCUT2D eigenvalue weighted by Gasteiger charge is 2.22. The van der Waals surface area contributed by atoms with Crippen molar-refractivity contribution in [2.45, 2.75) is 124 Å². The molecule has 2 rings (SSSR count). The summed E-state index contributed by atoms with van der Waals surface area (Å²) < 4.78 is 24.8. The van der Waals surface area contributed by atoms with Crippen molar-refractivity contribution in [3.63, 3.8) is 0 Å². The van der Waals surface area contributed by atoms with Crippen LogP contribution in [0.4, 0.5) is 4.79 Å². The number of ether oxygens (including phenoxy) is 4. The molecule has 1 heterocycles. The van der Waals surface area contributed by atoms with Gasteiger partial charge in [-0.3, -0.25) is 4.79 Å². The standard InChI is InChI=1S/C35H55N2O6.HI/c1-6-8-9-10-11-12-13-14-15-16-17-18-24-42-34-32(40-4)25-31(26-33(34)41-5)28-43-35(39)37(29(3)38)27-30-19-22-36(21-7-2)23-20-30;/h19-20,22-23,25-26H,6-18,21,24,27-28H2,1-5H3;1H/q+1;/p-1. The van der Waals surface area contributed by atoms with Crippen LogP contribution in [0.5, 0.6) is 17.2 Å². The molecule has 0 aliphatic rings. The fourth-order valence-electron chi connectivity index (χ4n) is 4.99. The fourth-order valence-corrected chi connectivity index (χ4v) is 4.99. The molecule has 0 saturated carbocycles. The van der Waals surface area contributed by atoms with Crippen molar-refractivity contribution in [1.82, 2.24) is 4.90 Å². The smallest absolute Gasteiger partial charge is 0.417 e. The third-order valence-corrected chi connectivity index (χ3v) is 7.51. The van der Waals surface area contributed by atoms with Gasteiger partial charge in [-0.25, -0.2) is 14.3 Å². The lowest BCUT2D eigenvalue weighted by Crippen LogP contribution is -3.00. The van der Waals surface area contributed by atoms with Gasteiger partial charge in [0, 0.05) is 25.5 Å². The molecule has 248 valence electrons. The quantitative estimate of drug-likeness (QED) is 0.0948. The summed E-state index contributed by atoms with van der Waals surface area (Å²) in [6.45, 7) is 7.31. The summed E-state index contributed by atoms with van der Waals surface area (Å²) in [4.78, 5) is 26.2. The van der Waals surface area contributed by atoms with Crippen LogP contribution in [-0.2, 0) is 29.2 Å². The predicted molar refractivity (Wildman–Crippen MR) is 169 cm³/mol. The maximum absolute atomic E-state index is 12.8. The molecule has 0 atom stereocenters. The predicted octanol–water partition coefficient (Wildman–Crippen LogP) is 5.17. The zero-order valence-corrected chi connectivity index (χ0v) is 29.9. The third-order valence-electron chi connectivity index (χ3n) is 7.51. The Morgan fingerprint density at radius 1 is 0.750 bits per heavy atom. The number of rotatable bonds is 22. The van der Waals surface area contributed by atoms with Crippen LogP contribution in [0.15, 0.2) is 36.7 Å². The molecule has 0 saturated heterocycles. The van der Waals surface area contributed by atoms with Crippen LogP contribution >= 0.6 is 0 Å². The van der Waals surface area contributed by atoms with Gasteiger partial charge in [0.15, 0.2) is 23.9 Å². The van der Waals surface area contributed by atoms with E-state index in [2.05, 4.69) is 18.4 Å². The van der Waals surface area contributed by atoms with E-state index in [9.17, 15) is 9.59 Å². The van der Waals surface area contributed by atoms with E-state index >= 15 is 0 Å². The fraction of sp³-hybridized carbons (Fsp3) is 0.629. The Bertz CT molecular complexity index is 1050. The summed E-state index contributed by atoms with van der Waals surface area (Å²) in [5.41, 5.74) is 1.51. The second kappa shape index (κ2) is 23.8. The number of aromatic nitrogens is 1. The first-order valence-corrected chi connectivity index (χ1v) is 16.2. The highest BCUT2D eigenvalue weighted by atomic mass is 127. The molecular formula is C35H55IN2O6. The third kappa shape index (κ3) is 14.9. The maximum atomic E-state index is 12.8. The summed E-state index contributed by atoms with van der Waals surface area (Å²) in [6.07, 6.45) is 19.7. The number of nitrogens with zero attached hydrogens (tertiary/aromatic N) is 2. The molecule has 0 unspecified atom stereocenters. The number of carbonyl (C=O) groups excluding carboxylic acids is 2. The summed E-state index contributed by atoms with van der Waals surface area (Å²) in [6, 6.07) is 7.36. The SMILES string of the molecule is CCCCCCCCCCCCCCOc1c(OC)cc(COC(=O)N(Cc2cc[n+](CCC)cc2)C(C)=O)cc1OC.[I-]. The number of amides is 2. The molecule has 8 nitrogen and oxygen atoms in total. The highest BCUT2D eigenvalue weighted by Crippen LogP contribution is 2.39. The minimum Gasteiger partial charge on any atom is -1.00 e. The Kier molecular flexibility index (Phi) is 21.3. The van der Waals surface area contributed by atoms with E-state index in [1.165, 1.54) is 71.1 Å². The molecule has 0 spiro atoms. The van der Waals surface area contributed by atoms with Crippen LogP contribution in [0.25, 0.3) is 0 Å². The number of carbonyl (C=O) groups is 2. The lowest BCUT2D eigenvalue weighted by Gasteiger charge is -2.19. The van der Waals surface area contributed by atoms with Crippen molar-refractivity contribution in [3.8, 4) is 17.2 Å². The van der Waals surface area contributed by atoms with Gasteiger partial charge >= 0.3 is 6.09 Å². The molecule has 0 aliphatic heterocycles. The highest BCUT2D eigenvalue weighted by molar-refractivity contribution is 5.90. The molecule has 1 aromatic heterocycles. The molecule has 1 aromatic carbocycles.